The number of carbonyl (C=O) groups is 1. The monoisotopic (exact) mass is 390 g/mol. The average Bonchev–Trinajstić information content (AvgIpc) is 3.25. The van der Waals surface area contributed by atoms with Crippen molar-refractivity contribution in [2.24, 2.45) is 0 Å². The summed E-state index contributed by atoms with van der Waals surface area (Å²) in [5.41, 5.74) is 0. The van der Waals surface area contributed by atoms with E-state index in [2.05, 4.69) is 32.1 Å². The van der Waals surface area contributed by atoms with Crippen LogP contribution in [-0.2, 0) is 17.8 Å². The fourth-order valence-electron chi connectivity index (χ4n) is 3.10. The summed E-state index contributed by atoms with van der Waals surface area (Å²) in [6.45, 7) is 9.56. The zero-order chi connectivity index (χ0) is 19.1. The van der Waals surface area contributed by atoms with E-state index in [1.165, 1.54) is 44.1 Å². The third-order valence-electron chi connectivity index (χ3n) is 4.43. The molecule has 1 fully saturated rings. The number of aryl methyl sites for hydroxylation is 1. The number of thioether (sulfide) groups is 1. The number of hydrogen-bond acceptors (Lipinski definition) is 7. The van der Waals surface area contributed by atoms with E-state index >= 15 is 0 Å². The van der Waals surface area contributed by atoms with Crippen molar-refractivity contribution in [1.29, 1.82) is 0 Å². The van der Waals surface area contributed by atoms with Gasteiger partial charge in [0.2, 0.25) is 5.91 Å². The van der Waals surface area contributed by atoms with Gasteiger partial charge in [0.1, 0.15) is 11.6 Å². The predicted octanol–water partition coefficient (Wildman–Crippen LogP) is 2.52. The minimum Gasteiger partial charge on any atom is -0.360 e. The second kappa shape index (κ2) is 9.70. The minimum absolute atomic E-state index is 0.156. The van der Waals surface area contributed by atoms with Crippen molar-refractivity contribution in [2.75, 3.05) is 30.7 Å². The fourth-order valence-corrected chi connectivity index (χ4v) is 3.87. The van der Waals surface area contributed by atoms with Gasteiger partial charge in [-0.25, -0.2) is 0 Å². The molecule has 1 aliphatic rings. The number of allylic oxidation sites excluding steroid dienone is 1. The highest BCUT2D eigenvalue weighted by molar-refractivity contribution is 7.99. The van der Waals surface area contributed by atoms with E-state index in [-0.39, 0.29) is 11.7 Å². The molecule has 1 N–H and O–H groups in total. The van der Waals surface area contributed by atoms with Crippen LogP contribution < -0.4 is 5.32 Å². The van der Waals surface area contributed by atoms with Gasteiger partial charge in [-0.3, -0.25) is 4.79 Å². The number of aromatic nitrogens is 4. The van der Waals surface area contributed by atoms with Crippen LogP contribution in [0.5, 0.6) is 0 Å². The molecule has 146 valence electrons. The number of carbonyl (C=O) groups excluding carboxylic acids is 1. The van der Waals surface area contributed by atoms with Gasteiger partial charge in [-0.2, -0.15) is 0 Å². The van der Waals surface area contributed by atoms with Gasteiger partial charge in [0.15, 0.2) is 11.0 Å². The molecule has 1 amide bonds. The molecule has 1 aliphatic heterocycles. The average molecular weight is 391 g/mol. The van der Waals surface area contributed by atoms with E-state index in [1.54, 1.807) is 13.0 Å². The lowest BCUT2D eigenvalue weighted by Crippen LogP contribution is -2.32. The van der Waals surface area contributed by atoms with E-state index in [0.29, 0.717) is 18.1 Å². The SMILES string of the molecule is C=CCn1c(CCN2CCCCC2)nnc1SCC(=O)Nc1cc(C)on1. The molecule has 2 aromatic heterocycles. The zero-order valence-corrected chi connectivity index (χ0v) is 16.5. The summed E-state index contributed by atoms with van der Waals surface area (Å²) in [4.78, 5) is 14.6. The molecule has 9 heteroatoms. The topological polar surface area (TPSA) is 89.1 Å². The number of hydrogen-bond donors (Lipinski definition) is 1. The molecule has 3 rings (SSSR count). The number of amides is 1. The molecule has 2 aromatic rings. The highest BCUT2D eigenvalue weighted by atomic mass is 32.2. The Bertz CT molecular complexity index is 766. The summed E-state index contributed by atoms with van der Waals surface area (Å²) in [6, 6.07) is 1.68. The van der Waals surface area contributed by atoms with Crippen LogP contribution in [-0.4, -0.2) is 56.1 Å². The summed E-state index contributed by atoms with van der Waals surface area (Å²) in [7, 11) is 0. The molecule has 27 heavy (non-hydrogen) atoms. The first-order valence-corrected chi connectivity index (χ1v) is 10.3. The van der Waals surface area contributed by atoms with Crippen molar-refractivity contribution in [3.8, 4) is 0 Å². The Labute approximate surface area is 163 Å². The van der Waals surface area contributed by atoms with Crippen LogP contribution in [0.2, 0.25) is 0 Å². The van der Waals surface area contributed by atoms with Crippen molar-refractivity contribution in [1.82, 2.24) is 24.8 Å². The Morgan fingerprint density at radius 3 is 2.89 bits per heavy atom. The third kappa shape index (κ3) is 5.67. The first-order valence-electron chi connectivity index (χ1n) is 9.27. The van der Waals surface area contributed by atoms with Gasteiger partial charge in [-0.1, -0.05) is 29.4 Å². The zero-order valence-electron chi connectivity index (χ0n) is 15.7. The predicted molar refractivity (Wildman–Crippen MR) is 105 cm³/mol. The van der Waals surface area contributed by atoms with Gasteiger partial charge >= 0.3 is 0 Å². The Hall–Kier alpha value is -2.13. The normalized spacial score (nSPS) is 15.0. The second-order valence-corrected chi connectivity index (χ2v) is 7.55. The van der Waals surface area contributed by atoms with Crippen molar-refractivity contribution in [3.05, 3.63) is 30.3 Å². The highest BCUT2D eigenvalue weighted by Crippen LogP contribution is 2.19. The van der Waals surface area contributed by atoms with Crippen LogP contribution >= 0.6 is 11.8 Å². The lowest BCUT2D eigenvalue weighted by atomic mass is 10.1. The van der Waals surface area contributed by atoms with Gasteiger partial charge in [-0.15, -0.1) is 16.8 Å². The van der Waals surface area contributed by atoms with Crippen molar-refractivity contribution in [3.63, 3.8) is 0 Å². The molecule has 1 saturated heterocycles. The van der Waals surface area contributed by atoms with Gasteiger partial charge in [0, 0.05) is 25.6 Å². The standard InChI is InChI=1S/C18H26N6O2S/c1-3-8-24-16(7-11-23-9-5-4-6-10-23)20-21-18(24)27-13-17(25)19-15-12-14(2)26-22-15/h3,12H,1,4-11,13H2,2H3,(H,19,22,25). The van der Waals surface area contributed by atoms with Crippen molar-refractivity contribution >= 4 is 23.5 Å². The molecule has 0 aromatic carbocycles. The van der Waals surface area contributed by atoms with Crippen LogP contribution in [0.1, 0.15) is 30.8 Å². The summed E-state index contributed by atoms with van der Waals surface area (Å²) in [6.07, 6.45) is 6.57. The maximum atomic E-state index is 12.1. The molecule has 0 atom stereocenters. The maximum absolute atomic E-state index is 12.1. The quantitative estimate of drug-likeness (QED) is 0.520. The van der Waals surface area contributed by atoms with Crippen molar-refractivity contribution < 1.29 is 9.32 Å². The molecule has 0 bridgehead atoms. The van der Waals surface area contributed by atoms with Gasteiger partial charge in [0.25, 0.3) is 0 Å². The number of nitrogens with one attached hydrogen (secondary N) is 1. The Balaban J connectivity index is 1.55. The number of anilines is 1. The smallest absolute Gasteiger partial charge is 0.236 e. The van der Waals surface area contributed by atoms with Gasteiger partial charge < -0.3 is 19.3 Å². The molecule has 0 aliphatic carbocycles. The lowest BCUT2D eigenvalue weighted by molar-refractivity contribution is -0.113. The summed E-state index contributed by atoms with van der Waals surface area (Å²) < 4.78 is 6.98. The maximum Gasteiger partial charge on any atom is 0.236 e. The fraction of sp³-hybridized carbons (Fsp3) is 0.556. The number of nitrogens with zero attached hydrogens (tertiary/aromatic N) is 5. The summed E-state index contributed by atoms with van der Waals surface area (Å²) in [5.74, 6) is 2.09. The van der Waals surface area contributed by atoms with Crippen LogP contribution in [0, 0.1) is 6.92 Å². The first kappa shape index (κ1) is 19.6. The van der Waals surface area contributed by atoms with Crippen LogP contribution in [0.15, 0.2) is 28.4 Å². The molecule has 3 heterocycles. The number of piperidine rings is 1. The Kier molecular flexibility index (Phi) is 7.05. The van der Waals surface area contributed by atoms with Crippen molar-refractivity contribution in [2.45, 2.75) is 44.3 Å². The van der Waals surface area contributed by atoms with Crippen LogP contribution in [0.4, 0.5) is 5.82 Å². The van der Waals surface area contributed by atoms with Crippen LogP contribution in [0.25, 0.3) is 0 Å². The molecule has 0 unspecified atom stereocenters. The Morgan fingerprint density at radius 1 is 1.37 bits per heavy atom. The molecule has 8 nitrogen and oxygen atoms in total. The summed E-state index contributed by atoms with van der Waals surface area (Å²) in [5, 5.41) is 15.8. The minimum atomic E-state index is -0.156. The van der Waals surface area contributed by atoms with E-state index in [0.717, 1.165) is 23.9 Å². The van der Waals surface area contributed by atoms with Gasteiger partial charge in [-0.05, 0) is 32.9 Å². The van der Waals surface area contributed by atoms with E-state index in [9.17, 15) is 4.79 Å². The largest absolute Gasteiger partial charge is 0.360 e. The number of rotatable bonds is 9. The van der Waals surface area contributed by atoms with Crippen LogP contribution in [0.3, 0.4) is 0 Å². The molecular weight excluding hydrogens is 364 g/mol. The molecular formula is C18H26N6O2S. The molecule has 0 radical (unpaired) electrons. The number of likely N-dealkylation sites (tertiary alicyclic amines) is 1. The second-order valence-electron chi connectivity index (χ2n) is 6.61. The molecule has 0 saturated carbocycles. The van der Waals surface area contributed by atoms with E-state index in [4.69, 9.17) is 4.52 Å². The highest BCUT2D eigenvalue weighted by Gasteiger charge is 2.16. The lowest BCUT2D eigenvalue weighted by Gasteiger charge is -2.26. The first-order chi connectivity index (χ1) is 13.2. The van der Waals surface area contributed by atoms with E-state index < -0.39 is 0 Å². The molecule has 0 spiro atoms. The Morgan fingerprint density at radius 2 is 2.19 bits per heavy atom. The third-order valence-corrected chi connectivity index (χ3v) is 5.40. The van der Waals surface area contributed by atoms with Gasteiger partial charge in [0.05, 0.1) is 5.75 Å². The van der Waals surface area contributed by atoms with E-state index in [1.807, 2.05) is 10.6 Å². The summed E-state index contributed by atoms with van der Waals surface area (Å²) >= 11 is 1.36.